The number of hydrogen-bond donors (Lipinski definition) is 1. The number of anilines is 1. The maximum absolute atomic E-state index is 3.84. The van der Waals surface area contributed by atoms with Crippen molar-refractivity contribution in [3.05, 3.63) is 15.4 Å². The lowest BCUT2D eigenvalue weighted by Crippen LogP contribution is -1.92. The second-order valence-corrected chi connectivity index (χ2v) is 4.53. The van der Waals surface area contributed by atoms with Crippen LogP contribution in [0.15, 0.2) is 14.8 Å². The molecule has 0 fully saturated rings. The van der Waals surface area contributed by atoms with Gasteiger partial charge in [-0.2, -0.15) is 0 Å². The molecule has 11 heavy (non-hydrogen) atoms. The van der Waals surface area contributed by atoms with Gasteiger partial charge in [-0.1, -0.05) is 0 Å². The van der Waals surface area contributed by atoms with Crippen LogP contribution in [-0.4, -0.2) is 13.4 Å². The van der Waals surface area contributed by atoms with Crippen LogP contribution in [0, 0.1) is 6.92 Å². The largest absolute Gasteiger partial charge is 0.338 e. The van der Waals surface area contributed by atoms with Crippen LogP contribution in [0.3, 0.4) is 0 Å². The van der Waals surface area contributed by atoms with E-state index in [4.69, 9.17) is 0 Å². The van der Waals surface area contributed by atoms with Crippen molar-refractivity contribution in [3.8, 4) is 0 Å². The average molecular weight is 233 g/mol. The summed E-state index contributed by atoms with van der Waals surface area (Å²) in [6.45, 7) is 2.06. The predicted molar refractivity (Wildman–Crippen MR) is 54.8 cm³/mol. The zero-order chi connectivity index (χ0) is 8.27. The SMILES string of the molecule is CN=CNc1sc(Br)cc1C. The van der Waals surface area contributed by atoms with E-state index in [1.807, 2.05) is 0 Å². The minimum Gasteiger partial charge on any atom is -0.338 e. The van der Waals surface area contributed by atoms with Crippen LogP contribution in [0.4, 0.5) is 5.00 Å². The van der Waals surface area contributed by atoms with Crippen molar-refractivity contribution >= 4 is 38.6 Å². The summed E-state index contributed by atoms with van der Waals surface area (Å²) >= 11 is 5.08. The van der Waals surface area contributed by atoms with E-state index in [0.29, 0.717) is 0 Å². The first kappa shape index (κ1) is 8.74. The molecule has 0 atom stereocenters. The lowest BCUT2D eigenvalue weighted by Gasteiger charge is -1.94. The molecule has 4 heteroatoms. The van der Waals surface area contributed by atoms with E-state index in [1.54, 1.807) is 24.7 Å². The van der Waals surface area contributed by atoms with Gasteiger partial charge in [0, 0.05) is 7.05 Å². The monoisotopic (exact) mass is 232 g/mol. The molecule has 0 aliphatic rings. The molecule has 0 spiro atoms. The molecule has 1 aromatic rings. The number of rotatable bonds is 2. The summed E-state index contributed by atoms with van der Waals surface area (Å²) in [7, 11) is 1.74. The Morgan fingerprint density at radius 2 is 2.45 bits per heavy atom. The fraction of sp³-hybridized carbons (Fsp3) is 0.286. The summed E-state index contributed by atoms with van der Waals surface area (Å²) in [6.07, 6.45) is 1.69. The van der Waals surface area contributed by atoms with Gasteiger partial charge < -0.3 is 5.32 Å². The van der Waals surface area contributed by atoms with Gasteiger partial charge in [-0.25, -0.2) is 0 Å². The third-order valence-electron chi connectivity index (χ3n) is 1.21. The Hall–Kier alpha value is -0.350. The van der Waals surface area contributed by atoms with Gasteiger partial charge in [0.25, 0.3) is 0 Å². The van der Waals surface area contributed by atoms with Crippen molar-refractivity contribution in [3.63, 3.8) is 0 Å². The molecule has 0 aliphatic heterocycles. The molecule has 60 valence electrons. The molecule has 0 saturated carbocycles. The van der Waals surface area contributed by atoms with E-state index in [0.717, 1.165) is 8.79 Å². The Labute approximate surface area is 78.5 Å². The molecule has 0 aromatic carbocycles. The number of aryl methyl sites for hydroxylation is 1. The topological polar surface area (TPSA) is 24.4 Å². The number of thiophene rings is 1. The highest BCUT2D eigenvalue weighted by Gasteiger charge is 2.00. The zero-order valence-electron chi connectivity index (χ0n) is 6.39. The van der Waals surface area contributed by atoms with Crippen molar-refractivity contribution in [2.75, 3.05) is 12.4 Å². The van der Waals surface area contributed by atoms with E-state index >= 15 is 0 Å². The molecule has 0 aliphatic carbocycles. The summed E-state index contributed by atoms with van der Waals surface area (Å²) in [5.41, 5.74) is 1.24. The fourth-order valence-corrected chi connectivity index (χ4v) is 2.30. The fourth-order valence-electron chi connectivity index (χ4n) is 0.710. The molecule has 0 saturated heterocycles. The lowest BCUT2D eigenvalue weighted by atomic mass is 10.4. The van der Waals surface area contributed by atoms with E-state index in [9.17, 15) is 0 Å². The van der Waals surface area contributed by atoms with Crippen molar-refractivity contribution < 1.29 is 0 Å². The molecule has 0 unspecified atom stereocenters. The Kier molecular flexibility index (Phi) is 3.08. The molecule has 0 radical (unpaired) electrons. The number of halogens is 1. The van der Waals surface area contributed by atoms with Crippen LogP contribution in [0.25, 0.3) is 0 Å². The first-order valence-electron chi connectivity index (χ1n) is 3.17. The molecule has 1 heterocycles. The predicted octanol–water partition coefficient (Wildman–Crippen LogP) is 2.89. The van der Waals surface area contributed by atoms with Gasteiger partial charge in [0.2, 0.25) is 0 Å². The number of nitrogens with zero attached hydrogens (tertiary/aromatic N) is 1. The normalized spacial score (nSPS) is 10.8. The van der Waals surface area contributed by atoms with Gasteiger partial charge >= 0.3 is 0 Å². The molecule has 1 aromatic heterocycles. The molecular weight excluding hydrogens is 224 g/mol. The van der Waals surface area contributed by atoms with E-state index < -0.39 is 0 Å². The summed E-state index contributed by atoms with van der Waals surface area (Å²) in [5, 5.41) is 4.22. The second-order valence-electron chi connectivity index (χ2n) is 2.09. The molecular formula is C7H9BrN2S. The maximum atomic E-state index is 3.84. The van der Waals surface area contributed by atoms with Crippen LogP contribution in [0.2, 0.25) is 0 Å². The third kappa shape index (κ3) is 2.31. The second kappa shape index (κ2) is 3.88. The van der Waals surface area contributed by atoms with Crippen LogP contribution in [-0.2, 0) is 0 Å². The van der Waals surface area contributed by atoms with Gasteiger partial charge in [-0.05, 0) is 34.5 Å². The number of hydrogen-bond acceptors (Lipinski definition) is 2. The molecule has 0 bridgehead atoms. The molecule has 1 N–H and O–H groups in total. The first-order chi connectivity index (χ1) is 5.24. The van der Waals surface area contributed by atoms with Gasteiger partial charge in [-0.15, -0.1) is 11.3 Å². The minimum atomic E-state index is 1.14. The average Bonchev–Trinajstić information content (AvgIpc) is 2.26. The van der Waals surface area contributed by atoms with Crippen molar-refractivity contribution in [2.45, 2.75) is 6.92 Å². The van der Waals surface area contributed by atoms with Crippen LogP contribution >= 0.6 is 27.3 Å². The minimum absolute atomic E-state index is 1.14. The van der Waals surface area contributed by atoms with Crippen molar-refractivity contribution in [2.24, 2.45) is 4.99 Å². The summed E-state index contributed by atoms with van der Waals surface area (Å²) in [5.74, 6) is 0. The van der Waals surface area contributed by atoms with Gasteiger partial charge in [0.1, 0.15) is 0 Å². The Bertz CT molecular complexity index is 267. The standard InChI is InChI=1S/C7H9BrN2S/c1-5-3-6(8)11-7(5)10-4-9-2/h3-4H,1-2H3,(H,9,10). The van der Waals surface area contributed by atoms with Crippen LogP contribution < -0.4 is 5.32 Å². The Morgan fingerprint density at radius 1 is 1.73 bits per heavy atom. The third-order valence-corrected chi connectivity index (χ3v) is 2.88. The van der Waals surface area contributed by atoms with Crippen LogP contribution in [0.1, 0.15) is 5.56 Å². The summed E-state index contributed by atoms with van der Waals surface area (Å²) in [4.78, 5) is 3.84. The first-order valence-corrected chi connectivity index (χ1v) is 4.78. The van der Waals surface area contributed by atoms with Crippen molar-refractivity contribution in [1.29, 1.82) is 0 Å². The summed E-state index contributed by atoms with van der Waals surface area (Å²) < 4.78 is 1.14. The van der Waals surface area contributed by atoms with Gasteiger partial charge in [-0.3, -0.25) is 4.99 Å². The highest BCUT2D eigenvalue weighted by molar-refractivity contribution is 9.11. The maximum Gasteiger partial charge on any atom is 0.0974 e. The summed E-state index contributed by atoms with van der Waals surface area (Å²) in [6, 6.07) is 2.08. The lowest BCUT2D eigenvalue weighted by molar-refractivity contribution is 1.45. The molecule has 0 amide bonds. The van der Waals surface area contributed by atoms with E-state index in [2.05, 4.69) is 39.2 Å². The van der Waals surface area contributed by atoms with Crippen LogP contribution in [0.5, 0.6) is 0 Å². The van der Waals surface area contributed by atoms with E-state index in [1.165, 1.54) is 5.56 Å². The van der Waals surface area contributed by atoms with Gasteiger partial charge in [0.05, 0.1) is 15.1 Å². The van der Waals surface area contributed by atoms with Crippen molar-refractivity contribution in [1.82, 2.24) is 0 Å². The highest BCUT2D eigenvalue weighted by atomic mass is 79.9. The van der Waals surface area contributed by atoms with Gasteiger partial charge in [0.15, 0.2) is 0 Å². The Balaban J connectivity index is 2.77. The van der Waals surface area contributed by atoms with E-state index in [-0.39, 0.29) is 0 Å². The number of aliphatic imine (C=N–C) groups is 1. The molecule has 2 nitrogen and oxygen atoms in total. The zero-order valence-corrected chi connectivity index (χ0v) is 8.79. The molecule has 1 rings (SSSR count). The number of nitrogens with one attached hydrogen (secondary N) is 1. The smallest absolute Gasteiger partial charge is 0.0974 e. The highest BCUT2D eigenvalue weighted by Crippen LogP contribution is 2.30. The quantitative estimate of drug-likeness (QED) is 0.616. The Morgan fingerprint density at radius 3 is 2.91 bits per heavy atom.